The van der Waals surface area contributed by atoms with Gasteiger partial charge in [0.2, 0.25) is 5.91 Å². The summed E-state index contributed by atoms with van der Waals surface area (Å²) in [7, 11) is 0. The van der Waals surface area contributed by atoms with Crippen LogP contribution in [0.1, 0.15) is 31.2 Å². The molecule has 1 aliphatic carbocycles. The van der Waals surface area contributed by atoms with Crippen molar-refractivity contribution in [2.45, 2.75) is 44.2 Å². The quantitative estimate of drug-likeness (QED) is 0.757. The molecule has 1 saturated carbocycles. The Labute approximate surface area is 120 Å². The van der Waals surface area contributed by atoms with Crippen molar-refractivity contribution in [1.29, 1.82) is 0 Å². The van der Waals surface area contributed by atoms with E-state index in [0.29, 0.717) is 13.0 Å². The molecule has 1 aliphatic rings. The van der Waals surface area contributed by atoms with Crippen LogP contribution >= 0.6 is 0 Å². The van der Waals surface area contributed by atoms with Gasteiger partial charge in [-0.25, -0.2) is 0 Å². The molecule has 1 unspecified atom stereocenters. The highest BCUT2D eigenvalue weighted by Crippen LogP contribution is 2.19. The van der Waals surface area contributed by atoms with Crippen molar-refractivity contribution in [1.82, 2.24) is 5.32 Å². The summed E-state index contributed by atoms with van der Waals surface area (Å²) in [5.41, 5.74) is 6.88. The molecule has 0 aromatic heterocycles. The molecule has 1 fully saturated rings. The molecule has 1 amide bonds. The van der Waals surface area contributed by atoms with Crippen LogP contribution in [-0.2, 0) is 11.2 Å². The summed E-state index contributed by atoms with van der Waals surface area (Å²) < 4.78 is 0. The van der Waals surface area contributed by atoms with Crippen LogP contribution < -0.4 is 11.1 Å². The van der Waals surface area contributed by atoms with Crippen LogP contribution in [0.3, 0.4) is 0 Å². The minimum absolute atomic E-state index is 0.0396. The van der Waals surface area contributed by atoms with Crippen molar-refractivity contribution in [2.75, 3.05) is 6.54 Å². The largest absolute Gasteiger partial charge is 0.393 e. The van der Waals surface area contributed by atoms with Gasteiger partial charge < -0.3 is 16.2 Å². The monoisotopic (exact) mass is 276 g/mol. The van der Waals surface area contributed by atoms with E-state index in [1.807, 2.05) is 30.3 Å². The minimum Gasteiger partial charge on any atom is -0.393 e. The lowest BCUT2D eigenvalue weighted by Gasteiger charge is -2.27. The van der Waals surface area contributed by atoms with E-state index in [1.54, 1.807) is 0 Å². The third kappa shape index (κ3) is 4.32. The van der Waals surface area contributed by atoms with E-state index >= 15 is 0 Å². The molecule has 1 aromatic carbocycles. The predicted molar refractivity (Wildman–Crippen MR) is 79.1 cm³/mol. The number of aliphatic hydroxyl groups excluding tert-OH is 1. The Kier molecular flexibility index (Phi) is 5.56. The normalized spacial score (nSPS) is 24.1. The second-order valence-corrected chi connectivity index (χ2v) is 5.64. The van der Waals surface area contributed by atoms with Gasteiger partial charge in [-0.05, 0) is 37.7 Å². The fourth-order valence-electron chi connectivity index (χ4n) is 2.72. The summed E-state index contributed by atoms with van der Waals surface area (Å²) in [5, 5.41) is 12.6. The molecule has 0 saturated heterocycles. The first-order valence-electron chi connectivity index (χ1n) is 7.41. The van der Waals surface area contributed by atoms with Gasteiger partial charge >= 0.3 is 0 Å². The second-order valence-electron chi connectivity index (χ2n) is 5.64. The van der Waals surface area contributed by atoms with E-state index in [2.05, 4.69) is 5.32 Å². The van der Waals surface area contributed by atoms with Gasteiger partial charge in [-0.15, -0.1) is 0 Å². The lowest BCUT2D eigenvalue weighted by molar-refractivity contribution is -0.125. The number of aliphatic hydroxyl groups is 1. The fraction of sp³-hybridized carbons (Fsp3) is 0.562. The third-order valence-electron chi connectivity index (χ3n) is 4.02. The first kappa shape index (κ1) is 15.0. The third-order valence-corrected chi connectivity index (χ3v) is 4.02. The van der Waals surface area contributed by atoms with E-state index in [1.165, 1.54) is 0 Å². The first-order chi connectivity index (χ1) is 9.69. The molecule has 4 nitrogen and oxygen atoms in total. The van der Waals surface area contributed by atoms with E-state index < -0.39 is 0 Å². The zero-order valence-corrected chi connectivity index (χ0v) is 11.8. The number of rotatable bonds is 5. The number of amides is 1. The molecule has 0 bridgehead atoms. The van der Waals surface area contributed by atoms with E-state index in [4.69, 9.17) is 5.73 Å². The van der Waals surface area contributed by atoms with Gasteiger partial charge in [-0.2, -0.15) is 0 Å². The molecule has 4 N–H and O–H groups in total. The lowest BCUT2D eigenvalue weighted by Crippen LogP contribution is -2.44. The zero-order valence-electron chi connectivity index (χ0n) is 11.8. The second kappa shape index (κ2) is 7.41. The number of benzene rings is 1. The molecule has 4 heteroatoms. The van der Waals surface area contributed by atoms with Crippen LogP contribution in [0, 0.1) is 5.92 Å². The maximum Gasteiger partial charge on any atom is 0.224 e. The highest BCUT2D eigenvalue weighted by Gasteiger charge is 2.24. The molecule has 0 aliphatic heterocycles. The van der Waals surface area contributed by atoms with Gasteiger partial charge in [0.15, 0.2) is 0 Å². The van der Waals surface area contributed by atoms with E-state index in [0.717, 1.165) is 31.2 Å². The van der Waals surface area contributed by atoms with Gasteiger partial charge in [-0.3, -0.25) is 4.79 Å². The van der Waals surface area contributed by atoms with Gasteiger partial charge in [0.05, 0.1) is 12.0 Å². The number of carbonyl (C=O) groups is 1. The Balaban J connectivity index is 1.86. The molecule has 110 valence electrons. The standard InChI is InChI=1S/C16H24N2O2/c17-11-13(10-12-4-2-1-3-5-12)16(20)18-14-6-8-15(19)9-7-14/h1-5,13-15,19H,6-11,17H2,(H,18,20). The molecule has 1 atom stereocenters. The van der Waals surface area contributed by atoms with Crippen molar-refractivity contribution < 1.29 is 9.90 Å². The summed E-state index contributed by atoms with van der Waals surface area (Å²) in [6.45, 7) is 0.357. The van der Waals surface area contributed by atoms with Crippen LogP contribution in [-0.4, -0.2) is 29.7 Å². The topological polar surface area (TPSA) is 75.4 Å². The maximum atomic E-state index is 12.3. The summed E-state index contributed by atoms with van der Waals surface area (Å²) >= 11 is 0. The predicted octanol–water partition coefficient (Wildman–Crippen LogP) is 1.22. The fourth-order valence-corrected chi connectivity index (χ4v) is 2.72. The average Bonchev–Trinajstić information content (AvgIpc) is 2.48. The van der Waals surface area contributed by atoms with Crippen molar-refractivity contribution in [3.8, 4) is 0 Å². The summed E-state index contributed by atoms with van der Waals surface area (Å²) in [6, 6.07) is 10.1. The minimum atomic E-state index is -0.197. The molecular weight excluding hydrogens is 252 g/mol. The molecule has 20 heavy (non-hydrogen) atoms. The molecule has 2 rings (SSSR count). The van der Waals surface area contributed by atoms with Crippen molar-refractivity contribution in [3.63, 3.8) is 0 Å². The zero-order chi connectivity index (χ0) is 14.4. The van der Waals surface area contributed by atoms with Crippen molar-refractivity contribution >= 4 is 5.91 Å². The van der Waals surface area contributed by atoms with Gasteiger partial charge in [-0.1, -0.05) is 30.3 Å². The summed E-state index contributed by atoms with van der Waals surface area (Å²) in [6.07, 6.45) is 3.75. The van der Waals surface area contributed by atoms with Crippen LogP contribution in [0.25, 0.3) is 0 Å². The highest BCUT2D eigenvalue weighted by molar-refractivity contribution is 5.79. The van der Waals surface area contributed by atoms with Crippen LogP contribution in [0.5, 0.6) is 0 Å². The van der Waals surface area contributed by atoms with Gasteiger partial charge in [0.25, 0.3) is 0 Å². The van der Waals surface area contributed by atoms with Gasteiger partial charge in [0.1, 0.15) is 0 Å². The molecule has 0 radical (unpaired) electrons. The highest BCUT2D eigenvalue weighted by atomic mass is 16.3. The number of hydrogen-bond acceptors (Lipinski definition) is 3. The van der Waals surface area contributed by atoms with E-state index in [9.17, 15) is 9.90 Å². The van der Waals surface area contributed by atoms with Crippen LogP contribution in [0.4, 0.5) is 0 Å². The summed E-state index contributed by atoms with van der Waals surface area (Å²) in [5.74, 6) is -0.137. The Morgan fingerprint density at radius 1 is 1.25 bits per heavy atom. The number of hydrogen-bond donors (Lipinski definition) is 3. The average molecular weight is 276 g/mol. The smallest absolute Gasteiger partial charge is 0.224 e. The Bertz CT molecular complexity index is 414. The number of nitrogens with one attached hydrogen (secondary N) is 1. The molecule has 0 spiro atoms. The summed E-state index contributed by atoms with van der Waals surface area (Å²) in [4.78, 5) is 12.3. The Hall–Kier alpha value is -1.39. The molecular formula is C16H24N2O2. The number of nitrogens with two attached hydrogens (primary N) is 1. The van der Waals surface area contributed by atoms with Crippen LogP contribution in [0.2, 0.25) is 0 Å². The Morgan fingerprint density at radius 2 is 1.90 bits per heavy atom. The van der Waals surface area contributed by atoms with Crippen molar-refractivity contribution in [3.05, 3.63) is 35.9 Å². The first-order valence-corrected chi connectivity index (χ1v) is 7.41. The molecule has 0 heterocycles. The van der Waals surface area contributed by atoms with Crippen molar-refractivity contribution in [2.24, 2.45) is 11.7 Å². The Morgan fingerprint density at radius 3 is 2.50 bits per heavy atom. The molecule has 1 aromatic rings. The lowest BCUT2D eigenvalue weighted by atomic mass is 9.92. The SMILES string of the molecule is NCC(Cc1ccccc1)C(=O)NC1CCC(O)CC1. The van der Waals surface area contributed by atoms with Gasteiger partial charge in [0, 0.05) is 12.6 Å². The van der Waals surface area contributed by atoms with E-state index in [-0.39, 0.29) is 24.0 Å². The number of carbonyl (C=O) groups excluding carboxylic acids is 1. The maximum absolute atomic E-state index is 12.3. The van der Waals surface area contributed by atoms with Crippen LogP contribution in [0.15, 0.2) is 30.3 Å².